The summed E-state index contributed by atoms with van der Waals surface area (Å²) in [5, 5.41) is 7.09. The second-order valence-corrected chi connectivity index (χ2v) is 5.63. The third kappa shape index (κ3) is 5.20. The molecule has 0 fully saturated rings. The lowest BCUT2D eigenvalue weighted by atomic mass is 10.2. The second-order valence-electron chi connectivity index (χ2n) is 4.81. The summed E-state index contributed by atoms with van der Waals surface area (Å²) < 4.78 is 5.10. The van der Waals surface area contributed by atoms with Gasteiger partial charge in [0.05, 0.1) is 35.5 Å². The van der Waals surface area contributed by atoms with E-state index < -0.39 is 11.8 Å². The predicted octanol–water partition coefficient (Wildman–Crippen LogP) is 2.88. The third-order valence-electron chi connectivity index (χ3n) is 3.14. The van der Waals surface area contributed by atoms with Crippen molar-refractivity contribution in [3.63, 3.8) is 0 Å². The summed E-state index contributed by atoms with van der Waals surface area (Å²) in [6.45, 7) is -0.246. The van der Waals surface area contributed by atoms with Gasteiger partial charge < -0.3 is 10.1 Å². The molecule has 0 aliphatic heterocycles. The summed E-state index contributed by atoms with van der Waals surface area (Å²) in [6, 6.07) is 11.7. The van der Waals surface area contributed by atoms with Gasteiger partial charge in [-0.15, -0.1) is 0 Å². The number of hydrogen-bond donors (Lipinski definition) is 2. The van der Waals surface area contributed by atoms with Crippen molar-refractivity contribution in [1.29, 1.82) is 0 Å². The summed E-state index contributed by atoms with van der Waals surface area (Å²) in [4.78, 5) is 23.8. The fourth-order valence-electron chi connectivity index (χ4n) is 1.93. The number of nitrogens with zero attached hydrogens (tertiary/aromatic N) is 1. The molecule has 0 unspecified atom stereocenters. The standard InChI is InChI=1S/C17H15Cl2N3O3/c1-25-15-8-3-2-5-11(15)17(24)20-10-16(23)22-21-9-12-13(18)6-4-7-14(12)19/h2-9H,10H2,1H3,(H,20,24)(H,22,23)/b21-9+. The molecule has 0 bridgehead atoms. The molecule has 0 aliphatic rings. The smallest absolute Gasteiger partial charge is 0.259 e. The zero-order valence-corrected chi connectivity index (χ0v) is 14.8. The normalized spacial score (nSPS) is 10.5. The third-order valence-corrected chi connectivity index (χ3v) is 3.80. The second kappa shape index (κ2) is 9.05. The molecule has 0 atom stereocenters. The first-order valence-corrected chi connectivity index (χ1v) is 7.95. The SMILES string of the molecule is COc1ccccc1C(=O)NCC(=O)N/N=C/c1c(Cl)cccc1Cl. The van der Waals surface area contributed by atoms with E-state index in [2.05, 4.69) is 15.8 Å². The van der Waals surface area contributed by atoms with E-state index in [1.807, 2.05) is 0 Å². The van der Waals surface area contributed by atoms with Crippen molar-refractivity contribution in [3.8, 4) is 5.75 Å². The molecular weight excluding hydrogens is 365 g/mol. The zero-order valence-electron chi connectivity index (χ0n) is 13.3. The number of rotatable bonds is 6. The van der Waals surface area contributed by atoms with Gasteiger partial charge in [0.15, 0.2) is 0 Å². The lowest BCUT2D eigenvalue weighted by molar-refractivity contribution is -0.120. The summed E-state index contributed by atoms with van der Waals surface area (Å²) in [7, 11) is 1.47. The topological polar surface area (TPSA) is 79.8 Å². The molecule has 0 saturated heterocycles. The molecule has 0 aromatic heterocycles. The first-order valence-electron chi connectivity index (χ1n) is 7.20. The van der Waals surface area contributed by atoms with Crippen LogP contribution in [0.15, 0.2) is 47.6 Å². The number of methoxy groups -OCH3 is 1. The predicted molar refractivity (Wildman–Crippen MR) is 97.5 cm³/mol. The van der Waals surface area contributed by atoms with E-state index in [0.29, 0.717) is 26.9 Å². The molecular formula is C17H15Cl2N3O3. The number of halogens is 2. The number of ether oxygens (including phenoxy) is 1. The number of hydrazone groups is 1. The van der Waals surface area contributed by atoms with Gasteiger partial charge in [0.2, 0.25) is 0 Å². The van der Waals surface area contributed by atoms with E-state index in [1.165, 1.54) is 13.3 Å². The maximum absolute atomic E-state index is 12.1. The Labute approximate surface area is 154 Å². The molecule has 25 heavy (non-hydrogen) atoms. The van der Waals surface area contributed by atoms with Crippen LogP contribution in [0.1, 0.15) is 15.9 Å². The highest BCUT2D eigenvalue weighted by Crippen LogP contribution is 2.22. The number of hydrogen-bond acceptors (Lipinski definition) is 4. The van der Waals surface area contributed by atoms with Crippen LogP contribution in [-0.4, -0.2) is 31.7 Å². The van der Waals surface area contributed by atoms with Gasteiger partial charge in [-0.2, -0.15) is 5.10 Å². The first-order chi connectivity index (χ1) is 12.0. The highest BCUT2D eigenvalue weighted by molar-refractivity contribution is 6.38. The van der Waals surface area contributed by atoms with E-state index >= 15 is 0 Å². The minimum absolute atomic E-state index is 0.246. The Morgan fingerprint density at radius 1 is 1.12 bits per heavy atom. The Morgan fingerprint density at radius 2 is 1.80 bits per heavy atom. The van der Waals surface area contributed by atoms with Gasteiger partial charge in [0.1, 0.15) is 5.75 Å². The molecule has 0 radical (unpaired) electrons. The lowest BCUT2D eigenvalue weighted by Crippen LogP contribution is -2.35. The van der Waals surface area contributed by atoms with Crippen LogP contribution in [0.4, 0.5) is 0 Å². The van der Waals surface area contributed by atoms with Crippen LogP contribution < -0.4 is 15.5 Å². The molecule has 0 spiro atoms. The van der Waals surface area contributed by atoms with Gasteiger partial charge in [-0.25, -0.2) is 5.43 Å². The van der Waals surface area contributed by atoms with Crippen molar-refractivity contribution >= 4 is 41.2 Å². The minimum Gasteiger partial charge on any atom is -0.496 e. The number of benzene rings is 2. The van der Waals surface area contributed by atoms with Crippen molar-refractivity contribution in [1.82, 2.24) is 10.7 Å². The molecule has 2 N–H and O–H groups in total. The average molecular weight is 380 g/mol. The van der Waals surface area contributed by atoms with Crippen molar-refractivity contribution in [2.45, 2.75) is 0 Å². The van der Waals surface area contributed by atoms with E-state index in [9.17, 15) is 9.59 Å². The highest BCUT2D eigenvalue weighted by Gasteiger charge is 2.12. The van der Waals surface area contributed by atoms with Crippen LogP contribution >= 0.6 is 23.2 Å². The molecule has 2 aromatic carbocycles. The lowest BCUT2D eigenvalue weighted by Gasteiger charge is -2.08. The molecule has 8 heteroatoms. The molecule has 6 nitrogen and oxygen atoms in total. The van der Waals surface area contributed by atoms with E-state index in [4.69, 9.17) is 27.9 Å². The molecule has 0 aliphatic carbocycles. The Kier molecular flexibility index (Phi) is 6.80. The number of carbonyl (C=O) groups excluding carboxylic acids is 2. The molecule has 0 saturated carbocycles. The quantitative estimate of drug-likeness (QED) is 0.598. The number of para-hydroxylation sites is 1. The number of amides is 2. The minimum atomic E-state index is -0.498. The van der Waals surface area contributed by atoms with Gasteiger partial charge in [0.25, 0.3) is 11.8 Å². The monoisotopic (exact) mass is 379 g/mol. The fourth-order valence-corrected chi connectivity index (χ4v) is 2.43. The van der Waals surface area contributed by atoms with Crippen molar-refractivity contribution in [2.75, 3.05) is 13.7 Å². The Morgan fingerprint density at radius 3 is 2.48 bits per heavy atom. The summed E-state index contributed by atoms with van der Waals surface area (Å²) in [5.41, 5.74) is 3.12. The largest absolute Gasteiger partial charge is 0.496 e. The zero-order chi connectivity index (χ0) is 18.2. The Balaban J connectivity index is 1.88. The summed E-state index contributed by atoms with van der Waals surface area (Å²) >= 11 is 12.0. The number of carbonyl (C=O) groups is 2. The Hall–Kier alpha value is -2.57. The molecule has 2 rings (SSSR count). The molecule has 2 amide bonds. The van der Waals surface area contributed by atoms with Gasteiger partial charge >= 0.3 is 0 Å². The summed E-state index contributed by atoms with van der Waals surface area (Å²) in [6.07, 6.45) is 1.34. The van der Waals surface area contributed by atoms with E-state index in [0.717, 1.165) is 0 Å². The van der Waals surface area contributed by atoms with Crippen molar-refractivity contribution in [3.05, 3.63) is 63.6 Å². The summed E-state index contributed by atoms with van der Waals surface area (Å²) in [5.74, 6) is -0.500. The van der Waals surface area contributed by atoms with Crippen LogP contribution in [0.3, 0.4) is 0 Å². The van der Waals surface area contributed by atoms with E-state index in [1.54, 1.807) is 42.5 Å². The van der Waals surface area contributed by atoms with Gasteiger partial charge in [-0.05, 0) is 24.3 Å². The van der Waals surface area contributed by atoms with E-state index in [-0.39, 0.29) is 6.54 Å². The van der Waals surface area contributed by atoms with Gasteiger partial charge in [-0.1, -0.05) is 41.4 Å². The first kappa shape index (κ1) is 18.8. The average Bonchev–Trinajstić information content (AvgIpc) is 2.62. The van der Waals surface area contributed by atoms with Gasteiger partial charge in [-0.3, -0.25) is 9.59 Å². The van der Waals surface area contributed by atoms with Crippen LogP contribution in [0.5, 0.6) is 5.75 Å². The van der Waals surface area contributed by atoms with Crippen LogP contribution in [0.25, 0.3) is 0 Å². The molecule has 130 valence electrons. The maximum atomic E-state index is 12.1. The molecule has 0 heterocycles. The Bertz CT molecular complexity index is 789. The maximum Gasteiger partial charge on any atom is 0.259 e. The van der Waals surface area contributed by atoms with Crippen LogP contribution in [0.2, 0.25) is 10.0 Å². The van der Waals surface area contributed by atoms with Crippen molar-refractivity contribution < 1.29 is 14.3 Å². The van der Waals surface area contributed by atoms with Crippen LogP contribution in [-0.2, 0) is 4.79 Å². The van der Waals surface area contributed by atoms with Gasteiger partial charge in [0, 0.05) is 5.56 Å². The number of nitrogens with one attached hydrogen (secondary N) is 2. The molecule has 2 aromatic rings. The highest BCUT2D eigenvalue weighted by atomic mass is 35.5. The van der Waals surface area contributed by atoms with Crippen molar-refractivity contribution in [2.24, 2.45) is 5.10 Å². The van der Waals surface area contributed by atoms with Crippen LogP contribution in [0, 0.1) is 0 Å². The fraction of sp³-hybridized carbons (Fsp3) is 0.118.